The van der Waals surface area contributed by atoms with Gasteiger partial charge in [0.1, 0.15) is 6.04 Å². The molecule has 9 heteroatoms. The number of amides is 2. The van der Waals surface area contributed by atoms with Crippen molar-refractivity contribution in [3.8, 4) is 5.75 Å². The van der Waals surface area contributed by atoms with E-state index in [9.17, 15) is 14.0 Å². The topological polar surface area (TPSA) is 88.8 Å². The predicted octanol–water partition coefficient (Wildman–Crippen LogP) is 2.62. The van der Waals surface area contributed by atoms with Gasteiger partial charge in [-0.05, 0) is 30.7 Å². The molecule has 0 radical (unpaired) electrons. The molecule has 32 heavy (non-hydrogen) atoms. The predicted molar refractivity (Wildman–Crippen MR) is 112 cm³/mol. The van der Waals surface area contributed by atoms with Crippen molar-refractivity contribution in [3.05, 3.63) is 77.2 Å². The number of rotatable bonds is 6. The molecule has 1 unspecified atom stereocenters. The Hall–Kier alpha value is -3.75. The van der Waals surface area contributed by atoms with Crippen LogP contribution in [-0.2, 0) is 17.8 Å². The number of hydrogen-bond acceptors (Lipinski definition) is 6. The van der Waals surface area contributed by atoms with Crippen molar-refractivity contribution in [2.75, 3.05) is 20.2 Å². The maximum Gasteiger partial charge on any atom is 0.254 e. The van der Waals surface area contributed by atoms with E-state index in [4.69, 9.17) is 9.26 Å². The summed E-state index contributed by atoms with van der Waals surface area (Å²) in [6.07, 6.45) is 0.0787. The quantitative estimate of drug-likeness (QED) is 0.588. The van der Waals surface area contributed by atoms with Crippen molar-refractivity contribution in [2.45, 2.75) is 25.9 Å². The van der Waals surface area contributed by atoms with Gasteiger partial charge in [0, 0.05) is 25.2 Å². The highest BCUT2D eigenvalue weighted by Gasteiger charge is 2.39. The highest BCUT2D eigenvalue weighted by atomic mass is 19.1. The monoisotopic (exact) mass is 438 g/mol. The van der Waals surface area contributed by atoms with E-state index < -0.39 is 17.8 Å². The molecule has 1 aromatic heterocycles. The maximum atomic E-state index is 14.2. The molecule has 1 atom stereocenters. The van der Waals surface area contributed by atoms with Crippen LogP contribution in [0.15, 0.2) is 53.1 Å². The first-order valence-electron chi connectivity index (χ1n) is 10.2. The van der Waals surface area contributed by atoms with Crippen molar-refractivity contribution in [1.82, 2.24) is 19.9 Å². The number of aromatic nitrogens is 2. The van der Waals surface area contributed by atoms with Crippen LogP contribution in [0.5, 0.6) is 5.75 Å². The number of benzene rings is 2. The number of halogens is 1. The number of piperazine rings is 1. The molecule has 0 N–H and O–H groups in total. The van der Waals surface area contributed by atoms with Crippen LogP contribution in [0.4, 0.5) is 4.39 Å². The fourth-order valence-corrected chi connectivity index (χ4v) is 3.79. The molecule has 1 fully saturated rings. The third-order valence-corrected chi connectivity index (χ3v) is 5.40. The average molecular weight is 438 g/mol. The van der Waals surface area contributed by atoms with Crippen LogP contribution in [-0.4, -0.2) is 58.0 Å². The summed E-state index contributed by atoms with van der Waals surface area (Å²) in [7, 11) is 1.35. The molecule has 0 saturated carbocycles. The van der Waals surface area contributed by atoms with E-state index in [1.54, 1.807) is 11.8 Å². The SMILES string of the molecule is COc1ccc(C(=O)N2CCN(Cc3ccccc3)C(=O)C2Cc2nc(C)no2)cc1F. The summed E-state index contributed by atoms with van der Waals surface area (Å²) in [6.45, 7) is 2.76. The van der Waals surface area contributed by atoms with Crippen molar-refractivity contribution in [1.29, 1.82) is 0 Å². The number of hydrogen-bond donors (Lipinski definition) is 0. The van der Waals surface area contributed by atoms with Crippen LogP contribution in [0.1, 0.15) is 27.6 Å². The first-order chi connectivity index (χ1) is 15.5. The Labute approximate surface area is 184 Å². The van der Waals surface area contributed by atoms with Gasteiger partial charge in [-0.2, -0.15) is 4.98 Å². The second-order valence-corrected chi connectivity index (χ2v) is 7.55. The van der Waals surface area contributed by atoms with E-state index in [-0.39, 0.29) is 29.5 Å². The molecule has 2 heterocycles. The molecule has 0 spiro atoms. The summed E-state index contributed by atoms with van der Waals surface area (Å²) in [5.74, 6) is -0.556. The second-order valence-electron chi connectivity index (χ2n) is 7.55. The lowest BCUT2D eigenvalue weighted by atomic mass is 10.0. The summed E-state index contributed by atoms with van der Waals surface area (Å²) < 4.78 is 24.3. The maximum absolute atomic E-state index is 14.2. The fraction of sp³-hybridized carbons (Fsp3) is 0.304. The molecule has 4 rings (SSSR count). The van der Waals surface area contributed by atoms with Crippen molar-refractivity contribution >= 4 is 11.8 Å². The van der Waals surface area contributed by atoms with E-state index in [1.165, 1.54) is 24.1 Å². The molecule has 2 amide bonds. The Morgan fingerprint density at radius 2 is 2.00 bits per heavy atom. The van der Waals surface area contributed by atoms with E-state index in [1.807, 2.05) is 30.3 Å². The van der Waals surface area contributed by atoms with E-state index in [2.05, 4.69) is 10.1 Å². The molecule has 0 aliphatic carbocycles. The molecule has 1 aliphatic rings. The molecular formula is C23H23FN4O4. The Kier molecular flexibility index (Phi) is 6.16. The standard InChI is InChI=1S/C23H23FN4O4/c1-15-25-21(32-26-15)13-19-23(30)27(14-16-6-4-3-5-7-16)10-11-28(19)22(29)17-8-9-20(31-2)18(24)12-17/h3-9,12,19H,10-11,13-14H2,1-2H3. The van der Waals surface area contributed by atoms with Gasteiger partial charge in [-0.1, -0.05) is 35.5 Å². The summed E-state index contributed by atoms with van der Waals surface area (Å²) in [4.78, 5) is 34.0. The first kappa shape index (κ1) is 21.5. The van der Waals surface area contributed by atoms with E-state index in [0.29, 0.717) is 25.5 Å². The van der Waals surface area contributed by atoms with Gasteiger partial charge >= 0.3 is 0 Å². The fourth-order valence-electron chi connectivity index (χ4n) is 3.79. The minimum atomic E-state index is -0.843. The Morgan fingerprint density at radius 1 is 1.22 bits per heavy atom. The van der Waals surface area contributed by atoms with Crippen LogP contribution < -0.4 is 4.74 Å². The summed E-state index contributed by atoms with van der Waals surface area (Å²) in [5.41, 5.74) is 1.13. The molecular weight excluding hydrogens is 415 g/mol. The molecule has 3 aromatic rings. The summed E-state index contributed by atoms with van der Waals surface area (Å²) >= 11 is 0. The molecule has 0 bridgehead atoms. The number of aryl methyl sites for hydroxylation is 1. The van der Waals surface area contributed by atoms with E-state index in [0.717, 1.165) is 11.6 Å². The lowest BCUT2D eigenvalue weighted by Crippen LogP contribution is -2.59. The van der Waals surface area contributed by atoms with Gasteiger partial charge in [0.2, 0.25) is 11.8 Å². The number of methoxy groups -OCH3 is 1. The normalized spacial score (nSPS) is 16.3. The molecule has 166 valence electrons. The lowest BCUT2D eigenvalue weighted by molar-refractivity contribution is -0.141. The minimum absolute atomic E-state index is 0.0446. The van der Waals surface area contributed by atoms with Crippen LogP contribution in [0.2, 0.25) is 0 Å². The first-order valence-corrected chi connectivity index (χ1v) is 10.2. The number of ether oxygens (including phenoxy) is 1. The molecule has 1 aliphatic heterocycles. The highest BCUT2D eigenvalue weighted by Crippen LogP contribution is 2.23. The van der Waals surface area contributed by atoms with Crippen molar-refractivity contribution in [2.24, 2.45) is 0 Å². The Morgan fingerprint density at radius 3 is 2.66 bits per heavy atom. The smallest absolute Gasteiger partial charge is 0.254 e. The number of carbonyl (C=O) groups excluding carboxylic acids is 2. The second kappa shape index (κ2) is 9.17. The van der Waals surface area contributed by atoms with Gasteiger partial charge < -0.3 is 19.1 Å². The number of carbonyl (C=O) groups is 2. The Bertz CT molecular complexity index is 1120. The Balaban J connectivity index is 1.60. The zero-order chi connectivity index (χ0) is 22.7. The van der Waals surface area contributed by atoms with Gasteiger partial charge in [0.15, 0.2) is 17.4 Å². The zero-order valence-corrected chi connectivity index (χ0v) is 17.8. The van der Waals surface area contributed by atoms with Crippen LogP contribution in [0.25, 0.3) is 0 Å². The zero-order valence-electron chi connectivity index (χ0n) is 17.8. The van der Waals surface area contributed by atoms with Gasteiger partial charge in [0.25, 0.3) is 5.91 Å². The third-order valence-electron chi connectivity index (χ3n) is 5.40. The van der Waals surface area contributed by atoms with E-state index >= 15 is 0 Å². The third kappa shape index (κ3) is 4.46. The van der Waals surface area contributed by atoms with Crippen molar-refractivity contribution in [3.63, 3.8) is 0 Å². The highest BCUT2D eigenvalue weighted by molar-refractivity contribution is 5.98. The van der Waals surface area contributed by atoms with Crippen molar-refractivity contribution < 1.29 is 23.2 Å². The summed E-state index contributed by atoms with van der Waals surface area (Å²) in [6, 6.07) is 12.8. The van der Waals surface area contributed by atoms with Gasteiger partial charge in [-0.3, -0.25) is 9.59 Å². The van der Waals surface area contributed by atoms with Crippen LogP contribution in [0.3, 0.4) is 0 Å². The van der Waals surface area contributed by atoms with Crippen LogP contribution >= 0.6 is 0 Å². The van der Waals surface area contributed by atoms with Gasteiger partial charge in [-0.25, -0.2) is 4.39 Å². The van der Waals surface area contributed by atoms with Crippen LogP contribution in [0, 0.1) is 12.7 Å². The molecule has 1 saturated heterocycles. The molecule has 8 nitrogen and oxygen atoms in total. The van der Waals surface area contributed by atoms with Gasteiger partial charge in [0.05, 0.1) is 13.5 Å². The average Bonchev–Trinajstić information content (AvgIpc) is 3.21. The lowest BCUT2D eigenvalue weighted by Gasteiger charge is -2.40. The molecule has 2 aromatic carbocycles. The summed E-state index contributed by atoms with van der Waals surface area (Å²) in [5, 5.41) is 3.77. The minimum Gasteiger partial charge on any atom is -0.494 e. The van der Waals surface area contributed by atoms with Gasteiger partial charge in [-0.15, -0.1) is 0 Å². The number of nitrogens with zero attached hydrogens (tertiary/aromatic N) is 4. The largest absolute Gasteiger partial charge is 0.494 e.